The largest absolute Gasteiger partial charge is 0.480 e. The highest BCUT2D eigenvalue weighted by Gasteiger charge is 2.20. The maximum atomic E-state index is 11.9. The van der Waals surface area contributed by atoms with Gasteiger partial charge in [0.2, 0.25) is 5.91 Å². The maximum absolute atomic E-state index is 11.9. The van der Waals surface area contributed by atoms with E-state index in [0.717, 1.165) is 19.3 Å². The predicted molar refractivity (Wildman–Crippen MR) is 98.3 cm³/mol. The van der Waals surface area contributed by atoms with E-state index in [9.17, 15) is 14.7 Å². The number of imidazole rings is 1. The Bertz CT molecular complexity index is 474. The van der Waals surface area contributed by atoms with Crippen LogP contribution in [0, 0.1) is 0 Å². The van der Waals surface area contributed by atoms with Crippen LogP contribution < -0.4 is 5.32 Å². The van der Waals surface area contributed by atoms with Gasteiger partial charge < -0.3 is 15.4 Å². The topological polar surface area (TPSA) is 95.1 Å². The molecule has 0 unspecified atom stereocenters. The summed E-state index contributed by atoms with van der Waals surface area (Å²) in [6.07, 6.45) is 15.8. The minimum atomic E-state index is -1.02. The summed E-state index contributed by atoms with van der Waals surface area (Å²) in [5.41, 5.74) is 0.701. The number of hydrogen-bond donors (Lipinski definition) is 3. The molecule has 1 heterocycles. The fraction of sp³-hybridized carbons (Fsp3) is 0.737. The second-order valence-electron chi connectivity index (χ2n) is 6.67. The molecule has 1 amide bonds. The molecule has 25 heavy (non-hydrogen) atoms. The van der Waals surface area contributed by atoms with E-state index in [1.807, 2.05) is 0 Å². The molecule has 0 aliphatic heterocycles. The summed E-state index contributed by atoms with van der Waals surface area (Å²) in [7, 11) is 0. The van der Waals surface area contributed by atoms with E-state index in [4.69, 9.17) is 0 Å². The van der Waals surface area contributed by atoms with Gasteiger partial charge in [0.1, 0.15) is 6.04 Å². The van der Waals surface area contributed by atoms with Crippen molar-refractivity contribution >= 4 is 11.9 Å². The first kappa shape index (κ1) is 21.2. The third-order valence-electron chi connectivity index (χ3n) is 4.37. The minimum absolute atomic E-state index is 0.188. The molecule has 0 aromatic carbocycles. The molecule has 3 N–H and O–H groups in total. The van der Waals surface area contributed by atoms with Gasteiger partial charge in [0.05, 0.1) is 6.33 Å². The smallest absolute Gasteiger partial charge is 0.326 e. The van der Waals surface area contributed by atoms with Crippen LogP contribution in [0.25, 0.3) is 0 Å². The third-order valence-corrected chi connectivity index (χ3v) is 4.37. The van der Waals surface area contributed by atoms with Crippen molar-refractivity contribution in [2.75, 3.05) is 0 Å². The number of carboxylic acids is 1. The molecule has 6 heteroatoms. The van der Waals surface area contributed by atoms with E-state index in [1.54, 1.807) is 6.20 Å². The number of aromatic nitrogens is 2. The number of amides is 1. The van der Waals surface area contributed by atoms with Gasteiger partial charge in [-0.3, -0.25) is 4.79 Å². The molecule has 0 saturated heterocycles. The lowest BCUT2D eigenvalue weighted by atomic mass is 10.1. The van der Waals surface area contributed by atoms with E-state index in [2.05, 4.69) is 22.2 Å². The monoisotopic (exact) mass is 351 g/mol. The van der Waals surface area contributed by atoms with Gasteiger partial charge in [-0.2, -0.15) is 0 Å². The molecule has 1 atom stereocenters. The average molecular weight is 351 g/mol. The Kier molecular flexibility index (Phi) is 11.4. The number of nitrogens with zero attached hydrogens (tertiary/aromatic N) is 1. The van der Waals surface area contributed by atoms with Crippen LogP contribution in [-0.2, 0) is 16.0 Å². The number of aromatic amines is 1. The van der Waals surface area contributed by atoms with Crippen molar-refractivity contribution in [2.45, 2.75) is 90.0 Å². The van der Waals surface area contributed by atoms with Crippen LogP contribution in [-0.4, -0.2) is 33.0 Å². The zero-order valence-electron chi connectivity index (χ0n) is 15.4. The Morgan fingerprint density at radius 3 is 2.20 bits per heavy atom. The molecule has 0 aliphatic rings. The van der Waals surface area contributed by atoms with Crippen molar-refractivity contribution in [3.63, 3.8) is 0 Å². The maximum Gasteiger partial charge on any atom is 0.326 e. The molecular weight excluding hydrogens is 318 g/mol. The first-order chi connectivity index (χ1) is 12.1. The molecule has 1 rings (SSSR count). The number of unbranched alkanes of at least 4 members (excludes halogenated alkanes) is 9. The van der Waals surface area contributed by atoms with Gasteiger partial charge in [0.15, 0.2) is 0 Å². The summed E-state index contributed by atoms with van der Waals surface area (Å²) in [5.74, 6) is -1.21. The Balaban J connectivity index is 2.06. The Morgan fingerprint density at radius 2 is 1.68 bits per heavy atom. The molecule has 0 bridgehead atoms. The summed E-state index contributed by atoms with van der Waals surface area (Å²) in [6, 6.07) is -0.906. The van der Waals surface area contributed by atoms with Crippen LogP contribution in [0.5, 0.6) is 0 Å². The number of rotatable bonds is 15. The Hall–Kier alpha value is -1.85. The van der Waals surface area contributed by atoms with Gasteiger partial charge in [0, 0.05) is 24.7 Å². The number of carboxylic acid groups (broad SMARTS) is 1. The lowest BCUT2D eigenvalue weighted by Crippen LogP contribution is -2.42. The fourth-order valence-electron chi connectivity index (χ4n) is 2.86. The van der Waals surface area contributed by atoms with Crippen molar-refractivity contribution in [1.82, 2.24) is 15.3 Å². The molecule has 1 aromatic heterocycles. The highest BCUT2D eigenvalue weighted by Crippen LogP contribution is 2.11. The van der Waals surface area contributed by atoms with Crippen LogP contribution in [0.3, 0.4) is 0 Å². The summed E-state index contributed by atoms with van der Waals surface area (Å²) >= 11 is 0. The molecule has 142 valence electrons. The third kappa shape index (κ3) is 10.6. The summed E-state index contributed by atoms with van der Waals surface area (Å²) in [5, 5.41) is 11.8. The van der Waals surface area contributed by atoms with Gasteiger partial charge in [-0.25, -0.2) is 9.78 Å². The van der Waals surface area contributed by atoms with Crippen LogP contribution >= 0.6 is 0 Å². The number of carbonyl (C=O) groups is 2. The zero-order valence-corrected chi connectivity index (χ0v) is 15.4. The van der Waals surface area contributed by atoms with E-state index in [0.29, 0.717) is 12.1 Å². The molecule has 0 aliphatic carbocycles. The predicted octanol–water partition coefficient (Wildman–Crippen LogP) is 3.83. The van der Waals surface area contributed by atoms with Crippen molar-refractivity contribution in [3.8, 4) is 0 Å². The quantitative estimate of drug-likeness (QED) is 0.418. The van der Waals surface area contributed by atoms with Crippen molar-refractivity contribution in [3.05, 3.63) is 18.2 Å². The summed E-state index contributed by atoms with van der Waals surface area (Å²) < 4.78 is 0. The molecule has 0 fully saturated rings. The summed E-state index contributed by atoms with van der Waals surface area (Å²) in [4.78, 5) is 29.9. The van der Waals surface area contributed by atoms with Crippen molar-refractivity contribution in [1.29, 1.82) is 0 Å². The van der Waals surface area contributed by atoms with E-state index in [-0.39, 0.29) is 12.3 Å². The summed E-state index contributed by atoms with van der Waals surface area (Å²) in [6.45, 7) is 2.23. The van der Waals surface area contributed by atoms with Gasteiger partial charge in [0.25, 0.3) is 0 Å². The standard InChI is InChI=1S/C19H33N3O3/c1-2-3-4-5-6-7-8-9-10-11-12-18(23)22-17(19(24)25)13-16-14-20-15-21-16/h14-15,17H,2-13H2,1H3,(H,20,21)(H,22,23)(H,24,25)/t17-/m0/s1. The SMILES string of the molecule is CCCCCCCCCCCCC(=O)N[C@@H](Cc1cnc[nH]1)C(=O)O. The average Bonchev–Trinajstić information content (AvgIpc) is 3.09. The molecule has 6 nitrogen and oxygen atoms in total. The number of carbonyl (C=O) groups excluding carboxylic acids is 1. The van der Waals surface area contributed by atoms with Crippen LogP contribution in [0.4, 0.5) is 0 Å². The van der Waals surface area contributed by atoms with Gasteiger partial charge in [-0.15, -0.1) is 0 Å². The molecule has 0 saturated carbocycles. The molecule has 0 spiro atoms. The van der Waals surface area contributed by atoms with Crippen molar-refractivity contribution in [2.24, 2.45) is 0 Å². The van der Waals surface area contributed by atoms with Crippen LogP contribution in [0.2, 0.25) is 0 Å². The first-order valence-electron chi connectivity index (χ1n) is 9.63. The van der Waals surface area contributed by atoms with E-state index >= 15 is 0 Å². The molecular formula is C19H33N3O3. The van der Waals surface area contributed by atoms with Crippen LogP contribution in [0.15, 0.2) is 12.5 Å². The minimum Gasteiger partial charge on any atom is -0.480 e. The first-order valence-corrected chi connectivity index (χ1v) is 9.63. The fourth-order valence-corrected chi connectivity index (χ4v) is 2.86. The van der Waals surface area contributed by atoms with E-state index < -0.39 is 12.0 Å². The Labute approximate surface area is 150 Å². The number of H-pyrrole nitrogens is 1. The van der Waals surface area contributed by atoms with Gasteiger partial charge in [-0.1, -0.05) is 64.7 Å². The lowest BCUT2D eigenvalue weighted by molar-refractivity contribution is -0.141. The van der Waals surface area contributed by atoms with Gasteiger partial charge in [-0.05, 0) is 6.42 Å². The zero-order chi connectivity index (χ0) is 18.3. The second-order valence-corrected chi connectivity index (χ2v) is 6.67. The lowest BCUT2D eigenvalue weighted by Gasteiger charge is -2.13. The Morgan fingerprint density at radius 1 is 1.08 bits per heavy atom. The number of hydrogen-bond acceptors (Lipinski definition) is 3. The number of nitrogens with one attached hydrogen (secondary N) is 2. The highest BCUT2D eigenvalue weighted by molar-refractivity contribution is 5.83. The molecule has 1 aromatic rings. The van der Waals surface area contributed by atoms with E-state index in [1.165, 1.54) is 51.3 Å². The normalized spacial score (nSPS) is 12.0. The number of aliphatic carboxylic acids is 1. The second kappa shape index (κ2) is 13.4. The highest BCUT2D eigenvalue weighted by atomic mass is 16.4. The van der Waals surface area contributed by atoms with Crippen LogP contribution in [0.1, 0.15) is 83.2 Å². The van der Waals surface area contributed by atoms with Crippen molar-refractivity contribution < 1.29 is 14.7 Å². The molecule has 0 radical (unpaired) electrons. The van der Waals surface area contributed by atoms with Gasteiger partial charge >= 0.3 is 5.97 Å².